The van der Waals surface area contributed by atoms with Gasteiger partial charge in [-0.2, -0.15) is 0 Å². The van der Waals surface area contributed by atoms with Crippen molar-refractivity contribution in [1.82, 2.24) is 8.15 Å². The second-order valence-electron chi connectivity index (χ2n) is 7.06. The van der Waals surface area contributed by atoms with E-state index in [1.54, 1.807) is 0 Å². The third kappa shape index (κ3) is 4.36. The number of aryl methyl sites for hydroxylation is 1. The molecule has 0 spiro atoms. The van der Waals surface area contributed by atoms with E-state index in [4.69, 9.17) is 17.0 Å². The van der Waals surface area contributed by atoms with Gasteiger partial charge in [-0.15, -0.1) is 0 Å². The van der Waals surface area contributed by atoms with E-state index < -0.39 is 0 Å². The van der Waals surface area contributed by atoms with E-state index in [0.29, 0.717) is 11.4 Å². The van der Waals surface area contributed by atoms with Crippen LogP contribution in [0.4, 0.5) is 0 Å². The summed E-state index contributed by atoms with van der Waals surface area (Å²) in [5.74, 6) is 0.0404. The molecule has 0 amide bonds. The number of aromatic nitrogens is 2. The zero-order valence-electron chi connectivity index (χ0n) is 16.2. The zero-order valence-corrected chi connectivity index (χ0v) is 18.7. The Bertz CT molecular complexity index is 1090. The molecule has 0 fully saturated rings. The van der Waals surface area contributed by atoms with Gasteiger partial charge in [-0.25, -0.2) is 0 Å². The van der Waals surface area contributed by atoms with Crippen LogP contribution in [-0.2, 0) is 18.1 Å². The number of hydrogen-bond acceptors (Lipinski definition) is 3. The fourth-order valence-corrected chi connectivity index (χ4v) is 3.86. The maximum atomic E-state index is 13.0. The normalized spacial score (nSPS) is 11.1. The van der Waals surface area contributed by atoms with E-state index in [1.807, 2.05) is 73.9 Å². The van der Waals surface area contributed by atoms with Crippen molar-refractivity contribution in [2.45, 2.75) is 40.0 Å². The summed E-state index contributed by atoms with van der Waals surface area (Å²) in [6.45, 7) is 6.82. The van der Waals surface area contributed by atoms with Crippen LogP contribution in [0.15, 0.2) is 59.4 Å². The van der Waals surface area contributed by atoms with Gasteiger partial charge in [0, 0.05) is 0 Å². The summed E-state index contributed by atoms with van der Waals surface area (Å²) in [6, 6.07) is 18.1. The van der Waals surface area contributed by atoms with Gasteiger partial charge in [0.1, 0.15) is 0 Å². The number of nitrogens with zero attached hydrogens (tertiary/aromatic N) is 2. The minimum atomic E-state index is -0.101. The molecule has 0 saturated carbocycles. The van der Waals surface area contributed by atoms with Crippen molar-refractivity contribution < 1.29 is 4.74 Å². The van der Waals surface area contributed by atoms with Gasteiger partial charge in [0.2, 0.25) is 0 Å². The topological polar surface area (TPSA) is 36.2 Å². The molecule has 4 nitrogen and oxygen atoms in total. The van der Waals surface area contributed by atoms with Gasteiger partial charge >= 0.3 is 179 Å². The monoisotopic (exact) mass is 459 g/mol. The Kier molecular flexibility index (Phi) is 6.68. The first kappa shape index (κ1) is 20.7. The summed E-state index contributed by atoms with van der Waals surface area (Å²) in [5, 5.41) is 0. The molecular weight excluding hydrogens is 435 g/mol. The summed E-state index contributed by atoms with van der Waals surface area (Å²) in [4.78, 5) is 13.0. The Hall–Kier alpha value is -1.98. The number of ether oxygens (including phenoxy) is 1. The molecule has 0 N–H and O–H groups in total. The fourth-order valence-electron chi connectivity index (χ4n) is 3.22. The van der Waals surface area contributed by atoms with Gasteiger partial charge in [-0.1, -0.05) is 0 Å². The molecule has 145 valence electrons. The quantitative estimate of drug-likeness (QED) is 0.401. The van der Waals surface area contributed by atoms with E-state index >= 15 is 0 Å². The van der Waals surface area contributed by atoms with Crippen LogP contribution in [0.5, 0.6) is 0 Å². The molecule has 0 aliphatic rings. The Morgan fingerprint density at radius 3 is 2.46 bits per heavy atom. The molecule has 0 unspecified atom stereocenters. The fraction of sp³-hybridized carbons (Fsp3) is 0.273. The van der Waals surface area contributed by atoms with Crippen LogP contribution >= 0.6 is 12.2 Å². The molecule has 2 aromatic carbocycles. The first-order valence-electron chi connectivity index (χ1n) is 9.16. The van der Waals surface area contributed by atoms with Crippen molar-refractivity contribution in [2.75, 3.05) is 0 Å². The van der Waals surface area contributed by atoms with Gasteiger partial charge < -0.3 is 0 Å². The molecular formula is C22H23N2O2SSe. The molecule has 0 aliphatic carbocycles. The molecule has 0 bridgehead atoms. The molecule has 1 heterocycles. The molecule has 1 aromatic heterocycles. The predicted octanol–water partition coefficient (Wildman–Crippen LogP) is 4.58. The summed E-state index contributed by atoms with van der Waals surface area (Å²) >= 11 is 8.39. The molecule has 3 aromatic rings. The van der Waals surface area contributed by atoms with E-state index in [-0.39, 0.29) is 18.2 Å². The predicted molar refractivity (Wildman–Crippen MR) is 116 cm³/mol. The number of benzene rings is 2. The molecule has 0 atom stereocenters. The van der Waals surface area contributed by atoms with Crippen LogP contribution in [0.1, 0.15) is 36.5 Å². The van der Waals surface area contributed by atoms with E-state index in [2.05, 4.69) is 22.3 Å². The number of rotatable bonds is 6. The first-order chi connectivity index (χ1) is 13.4. The first-order valence-corrected chi connectivity index (χ1v) is 10.3. The third-order valence-electron chi connectivity index (χ3n) is 4.55. The van der Waals surface area contributed by atoms with Crippen LogP contribution in [0.2, 0.25) is 0 Å². The van der Waals surface area contributed by atoms with Gasteiger partial charge in [0.25, 0.3) is 0 Å². The van der Waals surface area contributed by atoms with Gasteiger partial charge in [-0.3, -0.25) is 0 Å². The molecule has 28 heavy (non-hydrogen) atoms. The van der Waals surface area contributed by atoms with Crippen LogP contribution < -0.4 is 5.56 Å². The summed E-state index contributed by atoms with van der Waals surface area (Å²) in [7, 11) is 0. The average molecular weight is 458 g/mol. The van der Waals surface area contributed by atoms with Crippen LogP contribution in [-0.4, -0.2) is 24.4 Å². The third-order valence-corrected chi connectivity index (χ3v) is 5.92. The Balaban J connectivity index is 2.11. The van der Waals surface area contributed by atoms with Crippen molar-refractivity contribution in [1.29, 1.82) is 0 Å². The molecule has 3 rings (SSSR count). The summed E-state index contributed by atoms with van der Waals surface area (Å²) < 4.78 is 9.69. The van der Waals surface area contributed by atoms with Crippen LogP contribution in [0.3, 0.4) is 0 Å². The van der Waals surface area contributed by atoms with Gasteiger partial charge in [0.15, 0.2) is 0 Å². The number of hydrogen-bond donors (Lipinski definition) is 0. The Morgan fingerprint density at radius 1 is 1.11 bits per heavy atom. The van der Waals surface area contributed by atoms with E-state index in [0.717, 1.165) is 27.9 Å². The second-order valence-corrected chi connectivity index (χ2v) is 8.19. The Morgan fingerprint density at radius 2 is 1.82 bits per heavy atom. The molecule has 0 saturated heterocycles. The second kappa shape index (κ2) is 9.01. The van der Waals surface area contributed by atoms with Crippen LogP contribution in [0.25, 0.3) is 11.3 Å². The summed E-state index contributed by atoms with van der Waals surface area (Å²) in [5.41, 5.74) is 4.63. The van der Waals surface area contributed by atoms with E-state index in [1.165, 1.54) is 3.58 Å². The molecule has 6 heteroatoms. The SMILES string of the molecule is Cc1cccc(-c2c(C(C)C)c(=O)n([Se])c(=S)n2COCc2ccccc2)c1. The van der Waals surface area contributed by atoms with Gasteiger partial charge in [-0.05, 0) is 0 Å². The van der Waals surface area contributed by atoms with Crippen molar-refractivity contribution >= 4 is 28.4 Å². The average Bonchev–Trinajstić information content (AvgIpc) is 2.68. The Labute approximate surface area is 178 Å². The van der Waals surface area contributed by atoms with Crippen molar-refractivity contribution in [2.24, 2.45) is 0 Å². The zero-order chi connectivity index (χ0) is 20.3. The van der Waals surface area contributed by atoms with Crippen molar-refractivity contribution in [3.05, 3.63) is 86.4 Å². The van der Waals surface area contributed by atoms with Crippen molar-refractivity contribution in [3.8, 4) is 11.3 Å². The van der Waals surface area contributed by atoms with Crippen LogP contribution in [0, 0.1) is 11.7 Å². The molecule has 1 radical (unpaired) electrons. The summed E-state index contributed by atoms with van der Waals surface area (Å²) in [6.07, 6.45) is 0. The molecule has 0 aliphatic heterocycles. The van der Waals surface area contributed by atoms with Gasteiger partial charge in [0.05, 0.1) is 0 Å². The maximum absolute atomic E-state index is 13.0. The van der Waals surface area contributed by atoms with Crippen molar-refractivity contribution in [3.63, 3.8) is 0 Å². The minimum absolute atomic E-state index is 0.0404. The van der Waals surface area contributed by atoms with E-state index in [9.17, 15) is 4.79 Å². The standard InChI is InChI=1S/C22H23N2O2SSe/c1-15(2)19-20(18-11-7-8-16(3)12-18)23(22(27)24(28)21(19)25)14-26-13-17-9-5-4-6-10-17/h4-12,15H,13-14H2,1-3H3.